The third kappa shape index (κ3) is 1.95. The third-order valence-corrected chi connectivity index (χ3v) is 1.52. The van der Waals surface area contributed by atoms with Gasteiger partial charge in [-0.25, -0.2) is 4.39 Å². The van der Waals surface area contributed by atoms with Crippen molar-refractivity contribution in [2.45, 2.75) is 6.54 Å². The summed E-state index contributed by atoms with van der Waals surface area (Å²) in [6.45, 7) is 0.376. The van der Waals surface area contributed by atoms with E-state index >= 15 is 0 Å². The largest absolute Gasteiger partial charge is 0.496 e. The number of rotatable bonds is 3. The van der Waals surface area contributed by atoms with E-state index in [-0.39, 0.29) is 5.82 Å². The zero-order valence-electron chi connectivity index (χ0n) is 6.88. The van der Waals surface area contributed by atoms with Crippen molar-refractivity contribution in [3.8, 4) is 5.75 Å². The van der Waals surface area contributed by atoms with Gasteiger partial charge in [0.25, 0.3) is 0 Å². The summed E-state index contributed by atoms with van der Waals surface area (Å²) >= 11 is 0. The molecule has 0 saturated heterocycles. The van der Waals surface area contributed by atoms with E-state index in [9.17, 15) is 4.39 Å². The molecular formula is C9H10FNO-. The van der Waals surface area contributed by atoms with Crippen molar-refractivity contribution in [3.63, 3.8) is 0 Å². The molecule has 0 bridgehead atoms. The van der Waals surface area contributed by atoms with Crippen LogP contribution in [0.2, 0.25) is 0 Å². The molecule has 0 fully saturated rings. The molecule has 0 spiro atoms. The van der Waals surface area contributed by atoms with Gasteiger partial charge in [0.05, 0.1) is 7.11 Å². The van der Waals surface area contributed by atoms with E-state index in [0.717, 1.165) is 0 Å². The Balaban J connectivity index is 2.95. The highest BCUT2D eigenvalue weighted by Gasteiger charge is 2.01. The van der Waals surface area contributed by atoms with Gasteiger partial charge in [0, 0.05) is 12.1 Å². The molecule has 12 heavy (non-hydrogen) atoms. The van der Waals surface area contributed by atoms with Crippen LogP contribution < -0.4 is 10.1 Å². The molecule has 0 amide bonds. The minimum absolute atomic E-state index is 0.283. The standard InChI is InChI=1S/C9H10FNO/c1-11-6-7-5-8(10)3-4-9(7)12-2/h3-5H,1,6H2,2H3/q-1. The Bertz CT molecular complexity index is 263. The molecule has 65 valence electrons. The predicted molar refractivity (Wildman–Crippen MR) is 44.1 cm³/mol. The van der Waals surface area contributed by atoms with Crippen LogP contribution in [0.5, 0.6) is 5.75 Å². The van der Waals surface area contributed by atoms with Gasteiger partial charge in [0.15, 0.2) is 0 Å². The Morgan fingerprint density at radius 3 is 2.92 bits per heavy atom. The lowest BCUT2D eigenvalue weighted by molar-refractivity contribution is 0.407. The van der Waals surface area contributed by atoms with Crippen LogP contribution in [0, 0.1) is 12.9 Å². The Labute approximate surface area is 71.4 Å². The molecule has 1 rings (SSSR count). The molecule has 2 nitrogen and oxygen atoms in total. The fourth-order valence-corrected chi connectivity index (χ4v) is 0.991. The summed E-state index contributed by atoms with van der Waals surface area (Å²) in [5, 5.41) is 3.66. The van der Waals surface area contributed by atoms with Crippen LogP contribution in [0.3, 0.4) is 0 Å². The number of methoxy groups -OCH3 is 1. The SMILES string of the molecule is [CH2-][N]Cc1cc(F)ccc1OC. The number of halogens is 1. The fourth-order valence-electron chi connectivity index (χ4n) is 0.991. The van der Waals surface area contributed by atoms with Crippen LogP contribution in [-0.4, -0.2) is 7.11 Å². The molecule has 0 atom stereocenters. The lowest BCUT2D eigenvalue weighted by Crippen LogP contribution is -1.98. The summed E-state index contributed by atoms with van der Waals surface area (Å²) < 4.78 is 17.7. The first-order chi connectivity index (χ1) is 5.77. The van der Waals surface area contributed by atoms with Crippen LogP contribution in [0.1, 0.15) is 5.56 Å². The molecule has 1 aromatic rings. The first-order valence-corrected chi connectivity index (χ1v) is 3.53. The number of nitrogens with zero attached hydrogens (tertiary/aromatic N) is 1. The third-order valence-electron chi connectivity index (χ3n) is 1.52. The lowest BCUT2D eigenvalue weighted by atomic mass is 10.2. The number of benzene rings is 1. The fraction of sp³-hybridized carbons (Fsp3) is 0.222. The number of ether oxygens (including phenoxy) is 1. The van der Waals surface area contributed by atoms with Gasteiger partial charge < -0.3 is 10.1 Å². The van der Waals surface area contributed by atoms with Crippen LogP contribution in [0.25, 0.3) is 0 Å². The minimum atomic E-state index is -0.283. The molecule has 0 aliphatic carbocycles. The Morgan fingerprint density at radius 1 is 1.58 bits per heavy atom. The maximum atomic E-state index is 12.7. The van der Waals surface area contributed by atoms with Crippen LogP contribution in [-0.2, 0) is 6.54 Å². The summed E-state index contributed by atoms with van der Waals surface area (Å²) in [7, 11) is 4.87. The van der Waals surface area contributed by atoms with Crippen LogP contribution >= 0.6 is 0 Å². The van der Waals surface area contributed by atoms with E-state index in [4.69, 9.17) is 4.74 Å². The normalized spacial score (nSPS) is 9.92. The summed E-state index contributed by atoms with van der Waals surface area (Å²) in [4.78, 5) is 0. The van der Waals surface area contributed by atoms with Gasteiger partial charge in [0.1, 0.15) is 11.6 Å². The highest BCUT2D eigenvalue weighted by atomic mass is 19.1. The molecule has 1 radical (unpaired) electrons. The van der Waals surface area contributed by atoms with Gasteiger partial charge in [-0.1, -0.05) is 0 Å². The van der Waals surface area contributed by atoms with Crippen molar-refractivity contribution in [2.24, 2.45) is 0 Å². The van der Waals surface area contributed by atoms with Gasteiger partial charge in [-0.05, 0) is 18.2 Å². The van der Waals surface area contributed by atoms with E-state index in [1.54, 1.807) is 13.2 Å². The van der Waals surface area contributed by atoms with Crippen molar-refractivity contribution in [1.82, 2.24) is 5.32 Å². The van der Waals surface area contributed by atoms with E-state index in [1.165, 1.54) is 12.1 Å². The van der Waals surface area contributed by atoms with Crippen molar-refractivity contribution < 1.29 is 9.13 Å². The maximum Gasteiger partial charge on any atom is 0.123 e. The molecule has 0 aliphatic rings. The monoisotopic (exact) mass is 167 g/mol. The van der Waals surface area contributed by atoms with E-state index in [0.29, 0.717) is 17.9 Å². The molecule has 0 aromatic heterocycles. The Hall–Kier alpha value is -1.09. The summed E-state index contributed by atoms with van der Waals surface area (Å²) in [6, 6.07) is 4.33. The smallest absolute Gasteiger partial charge is 0.123 e. The Kier molecular flexibility index (Phi) is 3.05. The number of hydrogen-bond donors (Lipinski definition) is 0. The van der Waals surface area contributed by atoms with Crippen molar-refractivity contribution >= 4 is 0 Å². The summed E-state index contributed by atoms with van der Waals surface area (Å²) in [5.74, 6) is 0.359. The van der Waals surface area contributed by atoms with Gasteiger partial charge >= 0.3 is 0 Å². The summed E-state index contributed by atoms with van der Waals surface area (Å²) in [5.41, 5.74) is 0.715. The second kappa shape index (κ2) is 4.07. The van der Waals surface area contributed by atoms with Crippen molar-refractivity contribution in [1.29, 1.82) is 0 Å². The van der Waals surface area contributed by atoms with E-state index < -0.39 is 0 Å². The van der Waals surface area contributed by atoms with Gasteiger partial charge in [-0.2, -0.15) is 0 Å². The van der Waals surface area contributed by atoms with Crippen LogP contribution in [0.4, 0.5) is 4.39 Å². The average molecular weight is 167 g/mol. The zero-order chi connectivity index (χ0) is 8.97. The topological polar surface area (TPSA) is 23.3 Å². The van der Waals surface area contributed by atoms with Gasteiger partial charge in [0.2, 0.25) is 0 Å². The summed E-state index contributed by atoms with van der Waals surface area (Å²) in [6.07, 6.45) is 0. The molecule has 0 saturated carbocycles. The highest BCUT2D eigenvalue weighted by Crippen LogP contribution is 2.18. The lowest BCUT2D eigenvalue weighted by Gasteiger charge is -2.08. The molecule has 0 aliphatic heterocycles. The first-order valence-electron chi connectivity index (χ1n) is 3.53. The highest BCUT2D eigenvalue weighted by molar-refractivity contribution is 5.33. The van der Waals surface area contributed by atoms with E-state index in [2.05, 4.69) is 12.4 Å². The average Bonchev–Trinajstić information content (AvgIpc) is 2.05. The van der Waals surface area contributed by atoms with E-state index in [1.807, 2.05) is 0 Å². The quantitative estimate of drug-likeness (QED) is 0.629. The molecule has 0 N–H and O–H groups in total. The predicted octanol–water partition coefficient (Wildman–Crippen LogP) is 1.73. The Morgan fingerprint density at radius 2 is 2.33 bits per heavy atom. The minimum Gasteiger partial charge on any atom is -0.496 e. The second-order valence-electron chi connectivity index (χ2n) is 2.34. The van der Waals surface area contributed by atoms with Crippen molar-refractivity contribution in [3.05, 3.63) is 36.6 Å². The number of hydrogen-bond acceptors (Lipinski definition) is 1. The molecule has 0 heterocycles. The van der Waals surface area contributed by atoms with Gasteiger partial charge in [-0.3, -0.25) is 7.05 Å². The van der Waals surface area contributed by atoms with Crippen LogP contribution in [0.15, 0.2) is 18.2 Å². The maximum absolute atomic E-state index is 12.7. The van der Waals surface area contributed by atoms with Crippen molar-refractivity contribution in [2.75, 3.05) is 7.11 Å². The molecule has 3 heteroatoms. The molecule has 0 unspecified atom stereocenters. The molecular weight excluding hydrogens is 157 g/mol. The first kappa shape index (κ1) is 9.00. The second-order valence-corrected chi connectivity index (χ2v) is 2.34. The zero-order valence-corrected chi connectivity index (χ0v) is 6.88. The van der Waals surface area contributed by atoms with Gasteiger partial charge in [-0.15, -0.1) is 0 Å². The molecule has 1 aromatic carbocycles.